The minimum Gasteiger partial charge on any atom is -0.325 e. The van der Waals surface area contributed by atoms with E-state index in [2.05, 4.69) is 21.6 Å². The van der Waals surface area contributed by atoms with Crippen LogP contribution in [0, 0.1) is 20.8 Å². The fraction of sp³-hybridized carbons (Fsp3) is 0.154. The lowest BCUT2D eigenvalue weighted by Gasteiger charge is -2.11. The Kier molecular flexibility index (Phi) is 5.67. The van der Waals surface area contributed by atoms with Crippen LogP contribution in [0.4, 0.5) is 5.69 Å². The first-order valence-electron chi connectivity index (χ1n) is 10.9. The Labute approximate surface area is 200 Å². The van der Waals surface area contributed by atoms with E-state index in [1.807, 2.05) is 79.8 Å². The summed E-state index contributed by atoms with van der Waals surface area (Å²) >= 11 is 1.28. The van der Waals surface area contributed by atoms with Crippen LogP contribution in [-0.4, -0.2) is 30.8 Å². The molecule has 0 aliphatic carbocycles. The van der Waals surface area contributed by atoms with Gasteiger partial charge in [-0.2, -0.15) is 0 Å². The number of carbonyl (C=O) groups is 1. The molecule has 0 aliphatic rings. The first-order valence-corrected chi connectivity index (χ1v) is 11.9. The maximum atomic E-state index is 13.4. The lowest BCUT2D eigenvalue weighted by atomic mass is 10.1. The maximum Gasteiger partial charge on any atom is 0.267 e. The standard InChI is InChI=1S/C26H23N5O2S/c1-16-8-10-20(11-9-16)30-24(33)21-6-4-5-7-22(21)31-25(30)28-29-26(31)34-15-23(32)27-19-13-17(2)12-18(3)14-19/h4-14H,15H2,1-3H3,(H,27,32). The smallest absolute Gasteiger partial charge is 0.267 e. The molecule has 0 bridgehead atoms. The van der Waals surface area contributed by atoms with Crippen molar-refractivity contribution in [2.45, 2.75) is 25.9 Å². The molecule has 0 spiro atoms. The van der Waals surface area contributed by atoms with Crippen LogP contribution in [0.5, 0.6) is 0 Å². The van der Waals surface area contributed by atoms with Crippen LogP contribution in [0.2, 0.25) is 0 Å². The van der Waals surface area contributed by atoms with E-state index in [4.69, 9.17) is 0 Å². The van der Waals surface area contributed by atoms with Crippen LogP contribution in [0.3, 0.4) is 0 Å². The summed E-state index contributed by atoms with van der Waals surface area (Å²) in [5, 5.41) is 12.7. The van der Waals surface area contributed by atoms with Gasteiger partial charge in [0.2, 0.25) is 11.7 Å². The van der Waals surface area contributed by atoms with Crippen molar-refractivity contribution < 1.29 is 4.79 Å². The number of nitrogens with zero attached hydrogens (tertiary/aromatic N) is 4. The molecular weight excluding hydrogens is 446 g/mol. The third kappa shape index (κ3) is 4.08. The van der Waals surface area contributed by atoms with Crippen LogP contribution in [0.25, 0.3) is 22.4 Å². The van der Waals surface area contributed by atoms with Crippen molar-refractivity contribution in [3.8, 4) is 5.69 Å². The summed E-state index contributed by atoms with van der Waals surface area (Å²) in [6, 6.07) is 21.0. The summed E-state index contributed by atoms with van der Waals surface area (Å²) in [5.74, 6) is 0.430. The van der Waals surface area contributed by atoms with Crippen molar-refractivity contribution >= 4 is 40.0 Å². The summed E-state index contributed by atoms with van der Waals surface area (Å²) in [5.41, 5.74) is 5.30. The predicted octanol–water partition coefficient (Wildman–Crippen LogP) is 4.69. The zero-order valence-electron chi connectivity index (χ0n) is 19.1. The molecule has 0 unspecified atom stereocenters. The van der Waals surface area contributed by atoms with Crippen molar-refractivity contribution in [3.63, 3.8) is 0 Å². The Morgan fingerprint density at radius 3 is 2.35 bits per heavy atom. The lowest BCUT2D eigenvalue weighted by molar-refractivity contribution is -0.113. The van der Waals surface area contributed by atoms with E-state index in [0.29, 0.717) is 27.5 Å². The van der Waals surface area contributed by atoms with Gasteiger partial charge < -0.3 is 5.32 Å². The zero-order chi connectivity index (χ0) is 23.8. The maximum absolute atomic E-state index is 13.4. The number of amides is 1. The van der Waals surface area contributed by atoms with Gasteiger partial charge in [0.25, 0.3) is 5.56 Å². The molecule has 5 rings (SSSR count). The van der Waals surface area contributed by atoms with E-state index in [0.717, 1.165) is 22.4 Å². The second-order valence-corrected chi connectivity index (χ2v) is 9.27. The number of carbonyl (C=O) groups excluding carboxylic acids is 1. The highest BCUT2D eigenvalue weighted by Crippen LogP contribution is 2.24. The lowest BCUT2D eigenvalue weighted by Crippen LogP contribution is -2.22. The third-order valence-corrected chi connectivity index (χ3v) is 6.45. The molecule has 2 aromatic heterocycles. The average Bonchev–Trinajstić information content (AvgIpc) is 3.22. The van der Waals surface area contributed by atoms with E-state index in [1.165, 1.54) is 11.8 Å². The summed E-state index contributed by atoms with van der Waals surface area (Å²) < 4.78 is 3.40. The number of aromatic nitrogens is 4. The van der Waals surface area contributed by atoms with Crippen molar-refractivity contribution in [2.24, 2.45) is 0 Å². The molecular formula is C26H23N5O2S. The summed E-state index contributed by atoms with van der Waals surface area (Å²) in [4.78, 5) is 26.0. The van der Waals surface area contributed by atoms with Crippen molar-refractivity contribution in [3.05, 3.63) is 93.8 Å². The number of benzene rings is 3. The van der Waals surface area contributed by atoms with Gasteiger partial charge in [-0.15, -0.1) is 10.2 Å². The van der Waals surface area contributed by atoms with Crippen molar-refractivity contribution in [1.29, 1.82) is 0 Å². The van der Waals surface area contributed by atoms with Gasteiger partial charge in [-0.1, -0.05) is 47.7 Å². The first-order chi connectivity index (χ1) is 16.4. The van der Waals surface area contributed by atoms with Crippen molar-refractivity contribution in [1.82, 2.24) is 19.2 Å². The SMILES string of the molecule is Cc1ccc(-n2c(=O)c3ccccc3n3c(SCC(=O)Nc4cc(C)cc(C)c4)nnc23)cc1. The highest BCUT2D eigenvalue weighted by atomic mass is 32.2. The Hall–Kier alpha value is -3.91. The van der Waals surface area contributed by atoms with Gasteiger partial charge in [0, 0.05) is 5.69 Å². The number of hydrogen-bond donors (Lipinski definition) is 1. The normalized spacial score (nSPS) is 11.3. The summed E-state index contributed by atoms with van der Waals surface area (Å²) in [6.45, 7) is 5.99. The number of nitrogens with one attached hydrogen (secondary N) is 1. The van der Waals surface area contributed by atoms with Gasteiger partial charge in [0.15, 0.2) is 5.16 Å². The van der Waals surface area contributed by atoms with Gasteiger partial charge >= 0.3 is 0 Å². The average molecular weight is 470 g/mol. The number of para-hydroxylation sites is 1. The first kappa shape index (κ1) is 21.9. The Balaban J connectivity index is 1.53. The van der Waals surface area contributed by atoms with Crippen molar-refractivity contribution in [2.75, 3.05) is 11.1 Å². The topological polar surface area (TPSA) is 81.3 Å². The predicted molar refractivity (Wildman–Crippen MR) is 136 cm³/mol. The number of aryl methyl sites for hydroxylation is 3. The van der Waals surface area contributed by atoms with Gasteiger partial charge in [-0.3, -0.25) is 14.0 Å². The molecule has 0 aliphatic heterocycles. The molecule has 170 valence electrons. The van der Waals surface area contributed by atoms with Gasteiger partial charge in [-0.25, -0.2) is 4.57 Å². The number of fused-ring (bicyclic) bond motifs is 3. The monoisotopic (exact) mass is 469 g/mol. The molecule has 0 saturated carbocycles. The molecule has 5 aromatic rings. The molecule has 0 fully saturated rings. The molecule has 1 N–H and O–H groups in total. The highest BCUT2D eigenvalue weighted by molar-refractivity contribution is 7.99. The van der Waals surface area contributed by atoms with Crippen LogP contribution in [0.1, 0.15) is 16.7 Å². The third-order valence-electron chi connectivity index (χ3n) is 5.52. The second kappa shape index (κ2) is 8.79. The van der Waals surface area contributed by atoms with E-state index in [9.17, 15) is 9.59 Å². The molecule has 0 radical (unpaired) electrons. The molecule has 0 atom stereocenters. The van der Waals surface area contributed by atoms with Crippen LogP contribution in [-0.2, 0) is 4.79 Å². The molecule has 1 amide bonds. The molecule has 7 nitrogen and oxygen atoms in total. The molecule has 3 aromatic carbocycles. The summed E-state index contributed by atoms with van der Waals surface area (Å²) in [7, 11) is 0. The Morgan fingerprint density at radius 1 is 0.912 bits per heavy atom. The molecule has 2 heterocycles. The fourth-order valence-corrected chi connectivity index (χ4v) is 4.81. The van der Waals surface area contributed by atoms with E-state index in [1.54, 1.807) is 10.6 Å². The van der Waals surface area contributed by atoms with Gasteiger partial charge in [-0.05, 0) is 68.3 Å². The minimum absolute atomic E-state index is 0.136. The molecule has 0 saturated heterocycles. The minimum atomic E-state index is -0.163. The summed E-state index contributed by atoms with van der Waals surface area (Å²) in [6.07, 6.45) is 0. The molecule has 34 heavy (non-hydrogen) atoms. The number of rotatable bonds is 5. The quantitative estimate of drug-likeness (QED) is 0.378. The number of hydrogen-bond acceptors (Lipinski definition) is 5. The number of thioether (sulfide) groups is 1. The Bertz CT molecular complexity index is 1580. The van der Waals surface area contributed by atoms with E-state index >= 15 is 0 Å². The zero-order valence-corrected chi connectivity index (χ0v) is 19.9. The van der Waals surface area contributed by atoms with Crippen LogP contribution >= 0.6 is 11.8 Å². The largest absolute Gasteiger partial charge is 0.325 e. The second-order valence-electron chi connectivity index (χ2n) is 8.32. The van der Waals surface area contributed by atoms with Crippen LogP contribution in [0.15, 0.2) is 76.7 Å². The molecule has 8 heteroatoms. The van der Waals surface area contributed by atoms with Crippen LogP contribution < -0.4 is 10.9 Å². The van der Waals surface area contributed by atoms with Gasteiger partial charge in [0.05, 0.1) is 22.3 Å². The highest BCUT2D eigenvalue weighted by Gasteiger charge is 2.18. The van der Waals surface area contributed by atoms with Gasteiger partial charge in [0.1, 0.15) is 0 Å². The number of anilines is 1. The Morgan fingerprint density at radius 2 is 1.62 bits per heavy atom. The van der Waals surface area contributed by atoms with E-state index in [-0.39, 0.29) is 17.2 Å². The fourth-order valence-electron chi connectivity index (χ4n) is 4.07. The van der Waals surface area contributed by atoms with E-state index < -0.39 is 0 Å².